The van der Waals surface area contributed by atoms with E-state index >= 15 is 0 Å². The van der Waals surface area contributed by atoms with Crippen molar-refractivity contribution in [1.82, 2.24) is 0 Å². The zero-order chi connectivity index (χ0) is 14.4. The molecule has 0 aliphatic rings. The normalized spacial score (nSPS) is 13.8. The predicted molar refractivity (Wildman–Crippen MR) is 73.7 cm³/mol. The highest BCUT2D eigenvalue weighted by molar-refractivity contribution is 7.41. The first kappa shape index (κ1) is 16.0. The zero-order valence-electron chi connectivity index (χ0n) is 11.5. The minimum atomic E-state index is -1.99. The van der Waals surface area contributed by atoms with Crippen LogP contribution in [0.25, 0.3) is 0 Å². The molecule has 1 aromatic carbocycles. The van der Waals surface area contributed by atoms with Crippen LogP contribution in [0.15, 0.2) is 12.1 Å². The Balaban J connectivity index is 3.15. The van der Waals surface area contributed by atoms with Crippen LogP contribution in [0, 0.1) is 0 Å². The molecule has 0 fully saturated rings. The van der Waals surface area contributed by atoms with Crippen molar-refractivity contribution in [3.63, 3.8) is 0 Å². The molecule has 0 amide bonds. The summed E-state index contributed by atoms with van der Waals surface area (Å²) in [5.74, 6) is 1.30. The van der Waals surface area contributed by atoms with E-state index in [1.807, 2.05) is 13.0 Å². The average molecular weight is 289 g/mol. The summed E-state index contributed by atoms with van der Waals surface area (Å²) in [5, 5.41) is 0. The number of methoxy groups -OCH3 is 2. The molecule has 0 saturated heterocycles. The van der Waals surface area contributed by atoms with Crippen molar-refractivity contribution in [1.29, 1.82) is 0 Å². The molecule has 3 N–H and O–H groups in total. The van der Waals surface area contributed by atoms with Crippen LogP contribution in [-0.2, 0) is 10.9 Å². The minimum Gasteiger partial charge on any atom is -0.493 e. The molecule has 0 spiro atoms. The van der Waals surface area contributed by atoms with Crippen LogP contribution < -0.4 is 19.7 Å². The van der Waals surface area contributed by atoms with Crippen LogP contribution in [0.5, 0.6) is 17.2 Å². The summed E-state index contributed by atoms with van der Waals surface area (Å²) in [4.78, 5) is 9.47. The van der Waals surface area contributed by atoms with Crippen molar-refractivity contribution in [3.8, 4) is 17.2 Å². The highest BCUT2D eigenvalue weighted by Crippen LogP contribution is 2.44. The van der Waals surface area contributed by atoms with E-state index < -0.39 is 8.60 Å². The molecule has 19 heavy (non-hydrogen) atoms. The van der Waals surface area contributed by atoms with E-state index in [1.165, 1.54) is 21.3 Å². The van der Waals surface area contributed by atoms with Crippen molar-refractivity contribution < 1.29 is 23.4 Å². The molecule has 0 aliphatic heterocycles. The Morgan fingerprint density at radius 2 is 1.84 bits per heavy atom. The molecular weight excluding hydrogens is 269 g/mol. The number of benzene rings is 1. The lowest BCUT2D eigenvalue weighted by molar-refractivity contribution is 0.301. The van der Waals surface area contributed by atoms with Crippen molar-refractivity contribution in [2.24, 2.45) is 5.73 Å². The summed E-state index contributed by atoms with van der Waals surface area (Å²) in [6.07, 6.45) is 0.660. The molecule has 1 aromatic rings. The summed E-state index contributed by atoms with van der Waals surface area (Å²) in [7, 11) is 2.41. The van der Waals surface area contributed by atoms with Gasteiger partial charge in [-0.1, -0.05) is 0 Å². The largest absolute Gasteiger partial charge is 0.493 e. The third-order valence-corrected chi connectivity index (χ3v) is 3.06. The van der Waals surface area contributed by atoms with Gasteiger partial charge in [-0.2, -0.15) is 0 Å². The van der Waals surface area contributed by atoms with E-state index in [2.05, 4.69) is 0 Å². The monoisotopic (exact) mass is 289 g/mol. The van der Waals surface area contributed by atoms with Crippen molar-refractivity contribution in [2.45, 2.75) is 19.4 Å². The fourth-order valence-corrected chi connectivity index (χ4v) is 2.04. The van der Waals surface area contributed by atoms with Crippen molar-refractivity contribution in [3.05, 3.63) is 17.7 Å². The molecule has 0 saturated carbocycles. The van der Waals surface area contributed by atoms with Crippen LogP contribution >= 0.6 is 8.60 Å². The SMILES string of the molecule is COc1cc(CC(C)N)cc(OP(O)OC)c1OC. The Morgan fingerprint density at radius 1 is 1.21 bits per heavy atom. The molecule has 2 atom stereocenters. The van der Waals surface area contributed by atoms with Crippen LogP contribution in [0.3, 0.4) is 0 Å². The molecular formula is C12H20NO5P. The summed E-state index contributed by atoms with van der Waals surface area (Å²) >= 11 is 0. The Morgan fingerprint density at radius 3 is 2.32 bits per heavy atom. The fourth-order valence-electron chi connectivity index (χ4n) is 1.66. The Bertz CT molecular complexity index is 413. The molecule has 0 heterocycles. The third-order valence-electron chi connectivity index (χ3n) is 2.39. The first-order chi connectivity index (χ1) is 9.01. The second kappa shape index (κ2) is 7.50. The van der Waals surface area contributed by atoms with Gasteiger partial charge in [0.05, 0.1) is 14.2 Å². The highest BCUT2D eigenvalue weighted by atomic mass is 31.2. The van der Waals surface area contributed by atoms with Gasteiger partial charge in [0, 0.05) is 13.2 Å². The molecule has 2 unspecified atom stereocenters. The van der Waals surface area contributed by atoms with Gasteiger partial charge in [-0.25, -0.2) is 0 Å². The smallest absolute Gasteiger partial charge is 0.394 e. The Hall–Kier alpha value is -1.07. The summed E-state index contributed by atoms with van der Waals surface area (Å²) in [5.41, 5.74) is 6.71. The van der Waals surface area contributed by atoms with Crippen molar-refractivity contribution >= 4 is 8.60 Å². The van der Waals surface area contributed by atoms with Gasteiger partial charge in [-0.3, -0.25) is 0 Å². The quantitative estimate of drug-likeness (QED) is 0.745. The van der Waals surface area contributed by atoms with E-state index in [9.17, 15) is 4.89 Å². The van der Waals surface area contributed by atoms with Crippen molar-refractivity contribution in [2.75, 3.05) is 21.3 Å². The van der Waals surface area contributed by atoms with E-state index in [0.717, 1.165) is 5.56 Å². The summed E-state index contributed by atoms with van der Waals surface area (Å²) in [6.45, 7) is 1.91. The van der Waals surface area contributed by atoms with E-state index in [4.69, 9.17) is 24.3 Å². The first-order valence-electron chi connectivity index (χ1n) is 5.73. The summed E-state index contributed by atoms with van der Waals surface area (Å²) < 4.78 is 20.5. The maximum absolute atomic E-state index is 9.47. The second-order valence-corrected chi connectivity index (χ2v) is 5.05. The maximum atomic E-state index is 9.47. The zero-order valence-corrected chi connectivity index (χ0v) is 12.4. The van der Waals surface area contributed by atoms with Gasteiger partial charge < -0.3 is 29.1 Å². The number of hydrogen-bond acceptors (Lipinski definition) is 6. The Labute approximate surface area is 114 Å². The lowest BCUT2D eigenvalue weighted by atomic mass is 10.1. The summed E-state index contributed by atoms with van der Waals surface area (Å²) in [6, 6.07) is 3.60. The van der Waals surface area contributed by atoms with Gasteiger partial charge in [0.15, 0.2) is 11.5 Å². The second-order valence-electron chi connectivity index (χ2n) is 4.02. The first-order valence-corrected chi connectivity index (χ1v) is 6.86. The molecule has 1 rings (SSSR count). The third kappa shape index (κ3) is 4.51. The van der Waals surface area contributed by atoms with Gasteiger partial charge in [0.25, 0.3) is 0 Å². The molecule has 0 aliphatic carbocycles. The van der Waals surface area contributed by atoms with Gasteiger partial charge in [-0.05, 0) is 31.0 Å². The highest BCUT2D eigenvalue weighted by Gasteiger charge is 2.18. The molecule has 0 bridgehead atoms. The molecule has 7 heteroatoms. The number of ether oxygens (including phenoxy) is 2. The number of nitrogens with two attached hydrogens (primary N) is 1. The van der Waals surface area contributed by atoms with Crippen LogP contribution in [0.2, 0.25) is 0 Å². The van der Waals surface area contributed by atoms with E-state index in [1.54, 1.807) is 6.07 Å². The fraction of sp³-hybridized carbons (Fsp3) is 0.500. The van der Waals surface area contributed by atoms with Gasteiger partial charge in [0.1, 0.15) is 0 Å². The molecule has 0 radical (unpaired) electrons. The van der Waals surface area contributed by atoms with Crippen LogP contribution in [-0.4, -0.2) is 32.3 Å². The standard InChI is InChI=1S/C12H20NO5P/c1-8(13)5-9-6-10(15-2)12(16-3)11(7-9)18-19(14)17-4/h6-8,14H,5,13H2,1-4H3. The van der Waals surface area contributed by atoms with Crippen LogP contribution in [0.1, 0.15) is 12.5 Å². The van der Waals surface area contributed by atoms with E-state index in [0.29, 0.717) is 23.7 Å². The number of rotatable bonds is 7. The van der Waals surface area contributed by atoms with Gasteiger partial charge in [0.2, 0.25) is 5.75 Å². The minimum absolute atomic E-state index is 0.00372. The predicted octanol–water partition coefficient (Wildman–Crippen LogP) is 1.84. The Kier molecular flexibility index (Phi) is 6.31. The van der Waals surface area contributed by atoms with Gasteiger partial charge in [-0.15, -0.1) is 0 Å². The molecule has 108 valence electrons. The topological polar surface area (TPSA) is 83.2 Å². The van der Waals surface area contributed by atoms with Gasteiger partial charge >= 0.3 is 8.60 Å². The molecule has 6 nitrogen and oxygen atoms in total. The lowest BCUT2D eigenvalue weighted by Crippen LogP contribution is -2.17. The average Bonchev–Trinajstić information content (AvgIpc) is 2.37. The maximum Gasteiger partial charge on any atom is 0.394 e. The van der Waals surface area contributed by atoms with Crippen LogP contribution in [0.4, 0.5) is 0 Å². The van der Waals surface area contributed by atoms with E-state index in [-0.39, 0.29) is 6.04 Å². The number of hydrogen-bond donors (Lipinski definition) is 2. The molecule has 0 aromatic heterocycles. The lowest BCUT2D eigenvalue weighted by Gasteiger charge is -2.17.